The van der Waals surface area contributed by atoms with Gasteiger partial charge in [-0.3, -0.25) is 4.90 Å². The second-order valence-electron chi connectivity index (χ2n) is 7.20. The van der Waals surface area contributed by atoms with E-state index in [1.165, 1.54) is 5.56 Å². The highest BCUT2D eigenvalue weighted by Crippen LogP contribution is 2.24. The van der Waals surface area contributed by atoms with Crippen LogP contribution in [0.1, 0.15) is 17.8 Å². The van der Waals surface area contributed by atoms with Crippen molar-refractivity contribution in [2.75, 3.05) is 18.6 Å². The summed E-state index contributed by atoms with van der Waals surface area (Å²) in [7, 11) is -0.931. The van der Waals surface area contributed by atoms with E-state index in [1.54, 1.807) is 0 Å². The topological polar surface area (TPSA) is 55.2 Å². The Morgan fingerprint density at radius 2 is 2.00 bits per heavy atom. The zero-order valence-corrected chi connectivity index (χ0v) is 16.7. The standard InChI is InChI=1S/C20H22ClN3O2S/c1-23(17-9-10-27(25,26)14-17)13-20-22-18-11-16(21)7-8-19(18)24(20)12-15-5-3-2-4-6-15/h2-8,11,17H,9-10,12-14H2,1H3. The fourth-order valence-electron chi connectivity index (χ4n) is 3.69. The van der Waals surface area contributed by atoms with Crippen LogP contribution in [0.15, 0.2) is 48.5 Å². The Labute approximate surface area is 164 Å². The van der Waals surface area contributed by atoms with Crippen LogP contribution in [-0.2, 0) is 22.9 Å². The monoisotopic (exact) mass is 403 g/mol. The van der Waals surface area contributed by atoms with Gasteiger partial charge in [0.25, 0.3) is 0 Å². The molecule has 0 radical (unpaired) electrons. The number of nitrogens with zero attached hydrogens (tertiary/aromatic N) is 3. The average molecular weight is 404 g/mol. The molecule has 142 valence electrons. The van der Waals surface area contributed by atoms with Crippen LogP contribution in [0.25, 0.3) is 11.0 Å². The van der Waals surface area contributed by atoms with E-state index in [2.05, 4.69) is 21.6 Å². The van der Waals surface area contributed by atoms with E-state index in [1.807, 2.05) is 43.4 Å². The van der Waals surface area contributed by atoms with Gasteiger partial charge in [-0.1, -0.05) is 41.9 Å². The minimum atomic E-state index is -2.91. The third kappa shape index (κ3) is 4.03. The SMILES string of the molecule is CN(Cc1nc2cc(Cl)ccc2n1Cc1ccccc1)C1CCS(=O)(=O)C1. The summed E-state index contributed by atoms with van der Waals surface area (Å²) in [6.45, 7) is 1.31. The molecule has 0 aliphatic carbocycles. The van der Waals surface area contributed by atoms with Gasteiger partial charge in [-0.15, -0.1) is 0 Å². The van der Waals surface area contributed by atoms with Gasteiger partial charge >= 0.3 is 0 Å². The molecule has 1 aliphatic heterocycles. The Kier molecular flexibility index (Phi) is 4.97. The van der Waals surface area contributed by atoms with Crippen LogP contribution in [-0.4, -0.2) is 47.5 Å². The Bertz CT molecular complexity index is 1060. The number of halogens is 1. The molecule has 1 aromatic heterocycles. The van der Waals surface area contributed by atoms with Gasteiger partial charge in [-0.2, -0.15) is 0 Å². The van der Waals surface area contributed by atoms with Crippen LogP contribution in [0.5, 0.6) is 0 Å². The van der Waals surface area contributed by atoms with Gasteiger partial charge in [-0.25, -0.2) is 13.4 Å². The summed E-state index contributed by atoms with van der Waals surface area (Å²) in [6.07, 6.45) is 0.684. The van der Waals surface area contributed by atoms with Crippen molar-refractivity contribution in [3.05, 3.63) is 64.9 Å². The quantitative estimate of drug-likeness (QED) is 0.655. The second-order valence-corrected chi connectivity index (χ2v) is 9.87. The first-order valence-electron chi connectivity index (χ1n) is 9.00. The van der Waals surface area contributed by atoms with Gasteiger partial charge in [0.1, 0.15) is 5.82 Å². The maximum Gasteiger partial charge on any atom is 0.151 e. The van der Waals surface area contributed by atoms with Crippen LogP contribution >= 0.6 is 11.6 Å². The van der Waals surface area contributed by atoms with Crippen molar-refractivity contribution in [1.82, 2.24) is 14.5 Å². The molecule has 5 nitrogen and oxygen atoms in total. The van der Waals surface area contributed by atoms with Gasteiger partial charge < -0.3 is 4.57 Å². The molecule has 2 heterocycles. The molecular formula is C20H22ClN3O2S. The first-order chi connectivity index (χ1) is 12.9. The maximum absolute atomic E-state index is 11.8. The van der Waals surface area contributed by atoms with Crippen LogP contribution < -0.4 is 0 Å². The number of fused-ring (bicyclic) bond motifs is 1. The smallest absolute Gasteiger partial charge is 0.151 e. The molecule has 0 saturated carbocycles. The molecule has 1 aliphatic rings. The largest absolute Gasteiger partial charge is 0.322 e. The number of aromatic nitrogens is 2. The highest BCUT2D eigenvalue weighted by molar-refractivity contribution is 7.91. The van der Waals surface area contributed by atoms with Crippen molar-refractivity contribution in [3.8, 4) is 0 Å². The molecule has 0 spiro atoms. The van der Waals surface area contributed by atoms with Crippen molar-refractivity contribution in [1.29, 1.82) is 0 Å². The molecule has 1 unspecified atom stereocenters. The summed E-state index contributed by atoms with van der Waals surface area (Å²) in [5, 5.41) is 0.661. The van der Waals surface area contributed by atoms with Crippen LogP contribution in [0.4, 0.5) is 0 Å². The zero-order valence-electron chi connectivity index (χ0n) is 15.2. The van der Waals surface area contributed by atoms with Crippen molar-refractivity contribution in [2.24, 2.45) is 0 Å². The fraction of sp³-hybridized carbons (Fsp3) is 0.350. The van der Waals surface area contributed by atoms with E-state index in [0.717, 1.165) is 16.9 Å². The first-order valence-corrected chi connectivity index (χ1v) is 11.2. The summed E-state index contributed by atoms with van der Waals surface area (Å²) in [5.41, 5.74) is 3.09. The summed E-state index contributed by atoms with van der Waals surface area (Å²) < 4.78 is 25.8. The number of imidazole rings is 1. The van der Waals surface area contributed by atoms with E-state index >= 15 is 0 Å². The average Bonchev–Trinajstić information content (AvgIpc) is 3.15. The molecule has 1 atom stereocenters. The van der Waals surface area contributed by atoms with Crippen LogP contribution in [0.2, 0.25) is 5.02 Å². The third-order valence-corrected chi connectivity index (χ3v) is 7.18. The van der Waals surface area contributed by atoms with Crippen molar-refractivity contribution >= 4 is 32.5 Å². The maximum atomic E-state index is 11.8. The van der Waals surface area contributed by atoms with E-state index in [9.17, 15) is 8.42 Å². The predicted octanol–water partition coefficient (Wildman–Crippen LogP) is 3.36. The third-order valence-electron chi connectivity index (χ3n) is 5.20. The Balaban J connectivity index is 1.67. The summed E-state index contributed by atoms with van der Waals surface area (Å²) in [6, 6.07) is 16.1. The summed E-state index contributed by atoms with van der Waals surface area (Å²) in [5.74, 6) is 1.43. The minimum Gasteiger partial charge on any atom is -0.322 e. The van der Waals surface area contributed by atoms with Gasteiger partial charge in [0.2, 0.25) is 0 Å². The summed E-state index contributed by atoms with van der Waals surface area (Å²) in [4.78, 5) is 6.91. The van der Waals surface area contributed by atoms with Gasteiger partial charge in [0.15, 0.2) is 9.84 Å². The lowest BCUT2D eigenvalue weighted by Gasteiger charge is -2.23. The highest BCUT2D eigenvalue weighted by atomic mass is 35.5. The number of sulfone groups is 1. The van der Waals surface area contributed by atoms with Gasteiger partial charge in [0, 0.05) is 17.6 Å². The normalized spacial score (nSPS) is 19.1. The molecule has 1 saturated heterocycles. The lowest BCUT2D eigenvalue weighted by molar-refractivity contribution is 0.245. The molecule has 0 bridgehead atoms. The molecule has 1 fully saturated rings. The number of hydrogen-bond donors (Lipinski definition) is 0. The second kappa shape index (κ2) is 7.26. The van der Waals surface area contributed by atoms with E-state index in [0.29, 0.717) is 24.5 Å². The molecular weight excluding hydrogens is 382 g/mol. The number of hydrogen-bond acceptors (Lipinski definition) is 4. The zero-order chi connectivity index (χ0) is 19.0. The number of rotatable bonds is 5. The van der Waals surface area contributed by atoms with Gasteiger partial charge in [0.05, 0.1) is 29.1 Å². The Morgan fingerprint density at radius 1 is 1.22 bits per heavy atom. The molecule has 4 rings (SSSR count). The molecule has 2 aromatic carbocycles. The van der Waals surface area contributed by atoms with Crippen LogP contribution in [0, 0.1) is 0 Å². The predicted molar refractivity (Wildman–Crippen MR) is 109 cm³/mol. The van der Waals surface area contributed by atoms with Crippen LogP contribution in [0.3, 0.4) is 0 Å². The molecule has 3 aromatic rings. The van der Waals surface area contributed by atoms with E-state index in [-0.39, 0.29) is 17.5 Å². The summed E-state index contributed by atoms with van der Waals surface area (Å²) >= 11 is 6.15. The van der Waals surface area contributed by atoms with Gasteiger partial charge in [-0.05, 0) is 37.2 Å². The van der Waals surface area contributed by atoms with Crippen molar-refractivity contribution in [3.63, 3.8) is 0 Å². The lowest BCUT2D eigenvalue weighted by Crippen LogP contribution is -2.33. The molecule has 0 N–H and O–H groups in total. The fourth-order valence-corrected chi connectivity index (χ4v) is 5.66. The molecule has 27 heavy (non-hydrogen) atoms. The Hall–Kier alpha value is -1.89. The van der Waals surface area contributed by atoms with Crippen molar-refractivity contribution in [2.45, 2.75) is 25.6 Å². The minimum absolute atomic E-state index is 0.0450. The molecule has 0 amide bonds. The van der Waals surface area contributed by atoms with E-state index in [4.69, 9.17) is 16.6 Å². The van der Waals surface area contributed by atoms with Crippen molar-refractivity contribution < 1.29 is 8.42 Å². The first kappa shape index (κ1) is 18.5. The molecule has 7 heteroatoms. The lowest BCUT2D eigenvalue weighted by atomic mass is 10.2. The van der Waals surface area contributed by atoms with E-state index < -0.39 is 9.84 Å². The number of benzene rings is 2. The Morgan fingerprint density at radius 3 is 2.70 bits per heavy atom. The highest BCUT2D eigenvalue weighted by Gasteiger charge is 2.31.